The first kappa shape index (κ1) is 15.5. The molecular formula is C15H31N. The fraction of sp³-hybridized carbons (Fsp3) is 0.867. The molecular weight excluding hydrogens is 194 g/mol. The van der Waals surface area contributed by atoms with Gasteiger partial charge in [0.1, 0.15) is 0 Å². The van der Waals surface area contributed by atoms with Crippen LogP contribution in [-0.4, -0.2) is 18.0 Å². The number of hydrogen-bond acceptors (Lipinski definition) is 1. The highest BCUT2D eigenvalue weighted by Gasteiger charge is 2.02. The lowest BCUT2D eigenvalue weighted by molar-refractivity contribution is 0.326. The summed E-state index contributed by atoms with van der Waals surface area (Å²) in [4.78, 5) is 2.46. The van der Waals surface area contributed by atoms with Crippen molar-refractivity contribution in [2.45, 2.75) is 72.1 Å². The predicted octanol–water partition coefficient (Wildman–Crippen LogP) is 4.98. The van der Waals surface area contributed by atoms with Gasteiger partial charge in [0.25, 0.3) is 0 Å². The lowest BCUT2D eigenvalue weighted by atomic mass is 10.1. The first-order chi connectivity index (χ1) is 7.72. The summed E-state index contributed by atoms with van der Waals surface area (Å²) in [6.07, 6.45) is 10.8. The Balaban J connectivity index is 3.59. The molecule has 0 aromatic carbocycles. The molecule has 0 rings (SSSR count). The van der Waals surface area contributed by atoms with Gasteiger partial charge in [0, 0.05) is 18.8 Å². The monoisotopic (exact) mass is 225 g/mol. The molecule has 0 aliphatic rings. The Kier molecular flexibility index (Phi) is 10.7. The zero-order valence-electron chi connectivity index (χ0n) is 11.7. The van der Waals surface area contributed by atoms with Crippen LogP contribution >= 0.6 is 0 Å². The minimum Gasteiger partial charge on any atom is -0.376 e. The molecule has 0 saturated carbocycles. The molecule has 0 aliphatic carbocycles. The summed E-state index contributed by atoms with van der Waals surface area (Å²) in [6, 6.07) is 0. The first-order valence-electron chi connectivity index (χ1n) is 7.12. The van der Waals surface area contributed by atoms with Gasteiger partial charge in [0.15, 0.2) is 0 Å². The second-order valence-electron chi connectivity index (χ2n) is 4.84. The molecule has 0 radical (unpaired) electrons. The largest absolute Gasteiger partial charge is 0.376 e. The summed E-state index contributed by atoms with van der Waals surface area (Å²) in [5, 5.41) is 0. The minimum absolute atomic E-state index is 1.21. The summed E-state index contributed by atoms with van der Waals surface area (Å²) in [7, 11) is 0. The molecule has 0 N–H and O–H groups in total. The summed E-state index contributed by atoms with van der Waals surface area (Å²) >= 11 is 0. The number of allylic oxidation sites excluding steroid dienone is 1. The summed E-state index contributed by atoms with van der Waals surface area (Å²) < 4.78 is 0. The van der Waals surface area contributed by atoms with Crippen molar-refractivity contribution in [1.29, 1.82) is 0 Å². The summed E-state index contributed by atoms with van der Waals surface area (Å²) in [5.41, 5.74) is 1.24. The Morgan fingerprint density at radius 1 is 0.812 bits per heavy atom. The van der Waals surface area contributed by atoms with E-state index >= 15 is 0 Å². The summed E-state index contributed by atoms with van der Waals surface area (Å²) in [5.74, 6) is 0. The van der Waals surface area contributed by atoms with Crippen LogP contribution in [0.1, 0.15) is 72.1 Å². The van der Waals surface area contributed by atoms with Crippen LogP contribution in [0, 0.1) is 0 Å². The normalized spacial score (nSPS) is 10.4. The van der Waals surface area contributed by atoms with Crippen LogP contribution in [0.2, 0.25) is 0 Å². The Morgan fingerprint density at radius 2 is 1.25 bits per heavy atom. The standard InChI is InChI=1S/C15H31N/c1-5-7-9-11-13-16(15(3)4)14-12-10-8-6-2/h3,5-14H2,1-2,4H3. The highest BCUT2D eigenvalue weighted by molar-refractivity contribution is 4.88. The fourth-order valence-corrected chi connectivity index (χ4v) is 1.95. The molecule has 0 atom stereocenters. The third-order valence-corrected chi connectivity index (χ3v) is 3.10. The smallest absolute Gasteiger partial charge is 0.0174 e. The number of hydrogen-bond donors (Lipinski definition) is 0. The van der Waals surface area contributed by atoms with E-state index in [-0.39, 0.29) is 0 Å². The van der Waals surface area contributed by atoms with Gasteiger partial charge in [-0.25, -0.2) is 0 Å². The molecule has 0 saturated heterocycles. The first-order valence-corrected chi connectivity index (χ1v) is 7.12. The second-order valence-corrected chi connectivity index (χ2v) is 4.84. The molecule has 0 unspecified atom stereocenters. The van der Waals surface area contributed by atoms with E-state index in [9.17, 15) is 0 Å². The highest BCUT2D eigenvalue weighted by atomic mass is 15.1. The molecule has 1 nitrogen and oxygen atoms in total. The molecule has 0 fully saturated rings. The maximum atomic E-state index is 4.08. The second kappa shape index (κ2) is 11.0. The van der Waals surface area contributed by atoms with E-state index in [1.54, 1.807) is 0 Å². The number of nitrogens with zero attached hydrogens (tertiary/aromatic N) is 1. The third-order valence-electron chi connectivity index (χ3n) is 3.10. The molecule has 16 heavy (non-hydrogen) atoms. The van der Waals surface area contributed by atoms with Gasteiger partial charge in [0.05, 0.1) is 0 Å². The molecule has 96 valence electrons. The van der Waals surface area contributed by atoms with Gasteiger partial charge in [-0.3, -0.25) is 0 Å². The van der Waals surface area contributed by atoms with Gasteiger partial charge < -0.3 is 4.90 Å². The van der Waals surface area contributed by atoms with Crippen LogP contribution < -0.4 is 0 Å². The molecule has 0 amide bonds. The van der Waals surface area contributed by atoms with Gasteiger partial charge in [-0.15, -0.1) is 0 Å². The van der Waals surface area contributed by atoms with E-state index in [4.69, 9.17) is 0 Å². The van der Waals surface area contributed by atoms with Gasteiger partial charge in [-0.05, 0) is 19.8 Å². The SMILES string of the molecule is C=C(C)N(CCCCCC)CCCCCC. The highest BCUT2D eigenvalue weighted by Crippen LogP contribution is 2.09. The minimum atomic E-state index is 1.21. The maximum Gasteiger partial charge on any atom is 0.0174 e. The van der Waals surface area contributed by atoms with Crippen molar-refractivity contribution in [1.82, 2.24) is 4.90 Å². The Hall–Kier alpha value is -0.460. The van der Waals surface area contributed by atoms with Crippen molar-refractivity contribution in [3.8, 4) is 0 Å². The lowest BCUT2D eigenvalue weighted by Crippen LogP contribution is -2.23. The molecule has 1 heteroatoms. The molecule has 0 aromatic rings. The van der Waals surface area contributed by atoms with E-state index in [2.05, 4.69) is 32.3 Å². The van der Waals surface area contributed by atoms with Gasteiger partial charge >= 0.3 is 0 Å². The molecule has 0 bridgehead atoms. The van der Waals surface area contributed by atoms with E-state index in [1.807, 2.05) is 0 Å². The molecule has 0 aromatic heterocycles. The van der Waals surface area contributed by atoms with Crippen LogP contribution in [0.3, 0.4) is 0 Å². The number of rotatable bonds is 11. The van der Waals surface area contributed by atoms with Crippen LogP contribution in [0.4, 0.5) is 0 Å². The quantitative estimate of drug-likeness (QED) is 0.448. The Morgan fingerprint density at radius 3 is 1.56 bits per heavy atom. The zero-order valence-corrected chi connectivity index (χ0v) is 11.7. The van der Waals surface area contributed by atoms with Crippen molar-refractivity contribution in [3.05, 3.63) is 12.3 Å². The zero-order chi connectivity index (χ0) is 12.2. The average Bonchev–Trinajstić information content (AvgIpc) is 2.26. The van der Waals surface area contributed by atoms with Crippen molar-refractivity contribution < 1.29 is 0 Å². The van der Waals surface area contributed by atoms with E-state index < -0.39 is 0 Å². The Labute approximate surface area is 103 Å². The van der Waals surface area contributed by atoms with Crippen LogP contribution in [0.15, 0.2) is 12.3 Å². The Bertz CT molecular complexity index is 151. The molecule has 0 spiro atoms. The predicted molar refractivity (Wildman–Crippen MR) is 74.7 cm³/mol. The van der Waals surface area contributed by atoms with Crippen molar-refractivity contribution >= 4 is 0 Å². The van der Waals surface area contributed by atoms with Crippen LogP contribution in [-0.2, 0) is 0 Å². The van der Waals surface area contributed by atoms with Crippen molar-refractivity contribution in [3.63, 3.8) is 0 Å². The molecule has 0 heterocycles. The third kappa shape index (κ3) is 8.82. The van der Waals surface area contributed by atoms with E-state index in [0.717, 1.165) is 0 Å². The van der Waals surface area contributed by atoms with Crippen molar-refractivity contribution in [2.75, 3.05) is 13.1 Å². The fourth-order valence-electron chi connectivity index (χ4n) is 1.95. The van der Waals surface area contributed by atoms with Gasteiger partial charge in [-0.1, -0.05) is 59.0 Å². The lowest BCUT2D eigenvalue weighted by Gasteiger charge is -2.24. The topological polar surface area (TPSA) is 3.24 Å². The van der Waals surface area contributed by atoms with Crippen LogP contribution in [0.25, 0.3) is 0 Å². The summed E-state index contributed by atoms with van der Waals surface area (Å²) in [6.45, 7) is 13.2. The van der Waals surface area contributed by atoms with E-state index in [0.29, 0.717) is 0 Å². The van der Waals surface area contributed by atoms with Crippen LogP contribution in [0.5, 0.6) is 0 Å². The van der Waals surface area contributed by atoms with Gasteiger partial charge in [0.2, 0.25) is 0 Å². The maximum absolute atomic E-state index is 4.08. The average molecular weight is 225 g/mol. The number of unbranched alkanes of at least 4 members (excludes halogenated alkanes) is 6. The molecule has 0 aliphatic heterocycles. The van der Waals surface area contributed by atoms with Gasteiger partial charge in [-0.2, -0.15) is 0 Å². The van der Waals surface area contributed by atoms with Crippen molar-refractivity contribution in [2.24, 2.45) is 0 Å². The van der Waals surface area contributed by atoms with E-state index in [1.165, 1.54) is 70.2 Å².